The zero-order valence-electron chi connectivity index (χ0n) is 16.0. The van der Waals surface area contributed by atoms with Crippen LogP contribution in [-0.2, 0) is 14.3 Å². The number of aromatic nitrogens is 1. The maximum atomic E-state index is 12.5. The number of rotatable bonds is 8. The number of nitrogens with one attached hydrogen (secondary N) is 1. The van der Waals surface area contributed by atoms with Crippen LogP contribution in [0.1, 0.15) is 36.1 Å². The van der Waals surface area contributed by atoms with Crippen molar-refractivity contribution in [3.63, 3.8) is 0 Å². The topological polar surface area (TPSA) is 142 Å². The molecule has 154 valence electrons. The number of carbonyl (C=O) groups excluding carboxylic acids is 2. The Morgan fingerprint density at radius 3 is 2.63 bits per heavy atom. The van der Waals surface area contributed by atoms with Gasteiger partial charge in [0.05, 0.1) is 35.9 Å². The van der Waals surface area contributed by atoms with E-state index in [0.717, 1.165) is 11.8 Å². The van der Waals surface area contributed by atoms with E-state index >= 15 is 0 Å². The largest absolute Gasteiger partial charge is 0.466 e. The number of nitriles is 2. The maximum absolute atomic E-state index is 12.5. The number of halogens is 1. The Bertz CT molecular complexity index is 1030. The third-order valence-electron chi connectivity index (χ3n) is 3.89. The minimum Gasteiger partial charge on any atom is -0.466 e. The molecule has 1 aromatic carbocycles. The van der Waals surface area contributed by atoms with Crippen LogP contribution in [-0.4, -0.2) is 29.2 Å². The van der Waals surface area contributed by atoms with Gasteiger partial charge >= 0.3 is 5.97 Å². The molecule has 3 N–H and O–H groups in total. The zero-order valence-corrected chi connectivity index (χ0v) is 17.6. The molecule has 0 spiro atoms. The molecule has 2 aromatic rings. The van der Waals surface area contributed by atoms with Crippen molar-refractivity contribution in [2.24, 2.45) is 0 Å². The molecular formula is C20H18ClN5O3S. The number of hydrogen-bond donors (Lipinski definition) is 2. The lowest BCUT2D eigenvalue weighted by Crippen LogP contribution is -2.32. The first-order valence-electron chi connectivity index (χ1n) is 8.82. The second kappa shape index (κ2) is 11.1. The summed E-state index contributed by atoms with van der Waals surface area (Å²) < 4.78 is 4.99. The number of carbonyl (C=O) groups is 2. The van der Waals surface area contributed by atoms with Gasteiger partial charge in [-0.1, -0.05) is 41.6 Å². The Morgan fingerprint density at radius 1 is 1.30 bits per heavy atom. The van der Waals surface area contributed by atoms with Crippen molar-refractivity contribution in [3.05, 3.63) is 52.0 Å². The van der Waals surface area contributed by atoms with Crippen LogP contribution in [0.5, 0.6) is 0 Å². The van der Waals surface area contributed by atoms with E-state index in [4.69, 9.17) is 27.3 Å². The van der Waals surface area contributed by atoms with Gasteiger partial charge in [-0.2, -0.15) is 10.5 Å². The molecule has 0 bridgehead atoms. The van der Waals surface area contributed by atoms with Crippen LogP contribution in [0.25, 0.3) is 0 Å². The van der Waals surface area contributed by atoms with Crippen LogP contribution in [0.4, 0.5) is 5.82 Å². The van der Waals surface area contributed by atoms with Crippen LogP contribution in [0.3, 0.4) is 0 Å². The average molecular weight is 444 g/mol. The molecule has 8 nitrogen and oxygen atoms in total. The van der Waals surface area contributed by atoms with E-state index in [0.29, 0.717) is 10.6 Å². The number of hydrogen-bond acceptors (Lipinski definition) is 8. The third kappa shape index (κ3) is 6.11. The van der Waals surface area contributed by atoms with Crippen molar-refractivity contribution in [1.82, 2.24) is 10.3 Å². The standard InChI is InChI=1S/C20H18ClN5O3S/c1-2-29-18(28)8-16(14-5-3-4-6-15(14)21)25-17(27)11-30-20-13(10-23)7-12(9-22)19(24)26-20/h3-7,16H,2,8,11H2,1H3,(H2,24,26)(H,25,27)/t16-/m0/s1. The number of amides is 1. The molecule has 0 aliphatic rings. The summed E-state index contributed by atoms with van der Waals surface area (Å²) >= 11 is 7.23. The summed E-state index contributed by atoms with van der Waals surface area (Å²) in [4.78, 5) is 28.5. The summed E-state index contributed by atoms with van der Waals surface area (Å²) in [5, 5.41) is 21.7. The highest BCUT2D eigenvalue weighted by atomic mass is 35.5. The number of pyridine rings is 1. The molecule has 0 saturated carbocycles. The Hall–Kier alpha value is -3.27. The van der Waals surface area contributed by atoms with Crippen molar-refractivity contribution in [3.8, 4) is 12.1 Å². The molecule has 30 heavy (non-hydrogen) atoms. The van der Waals surface area contributed by atoms with Gasteiger partial charge in [0.25, 0.3) is 0 Å². The number of thioether (sulfide) groups is 1. The number of esters is 1. The van der Waals surface area contributed by atoms with Gasteiger partial charge in [-0.25, -0.2) is 4.98 Å². The molecular weight excluding hydrogens is 426 g/mol. The highest BCUT2D eigenvalue weighted by Crippen LogP contribution is 2.27. The highest BCUT2D eigenvalue weighted by molar-refractivity contribution is 8.00. The lowest BCUT2D eigenvalue weighted by molar-refractivity contribution is -0.143. The normalized spacial score (nSPS) is 11.1. The Balaban J connectivity index is 2.14. The number of nitrogens with two attached hydrogens (primary N) is 1. The average Bonchev–Trinajstić information content (AvgIpc) is 2.72. The molecule has 0 unspecified atom stereocenters. The number of nitrogens with zero attached hydrogens (tertiary/aromatic N) is 3. The van der Waals surface area contributed by atoms with Gasteiger partial charge in [0.2, 0.25) is 5.91 Å². The van der Waals surface area contributed by atoms with Gasteiger partial charge < -0.3 is 15.8 Å². The summed E-state index contributed by atoms with van der Waals surface area (Å²) in [5.41, 5.74) is 6.52. The third-order valence-corrected chi connectivity index (χ3v) is 5.23. The zero-order chi connectivity index (χ0) is 22.1. The van der Waals surface area contributed by atoms with Crippen LogP contribution in [0.2, 0.25) is 5.02 Å². The molecule has 1 heterocycles. The summed E-state index contributed by atoms with van der Waals surface area (Å²) in [5.74, 6) is -0.973. The first-order valence-corrected chi connectivity index (χ1v) is 10.2. The summed E-state index contributed by atoms with van der Waals surface area (Å²) in [7, 11) is 0. The number of nitrogen functional groups attached to an aromatic ring is 1. The second-order valence-electron chi connectivity index (χ2n) is 5.94. The summed E-state index contributed by atoms with van der Waals surface area (Å²) in [6.45, 7) is 1.92. The minimum atomic E-state index is -0.680. The second-order valence-corrected chi connectivity index (χ2v) is 7.31. The molecule has 1 amide bonds. The van der Waals surface area contributed by atoms with Crippen molar-refractivity contribution in [1.29, 1.82) is 10.5 Å². The molecule has 0 saturated heterocycles. The van der Waals surface area contributed by atoms with E-state index in [2.05, 4.69) is 10.3 Å². The van der Waals surface area contributed by atoms with Crippen molar-refractivity contribution >= 4 is 41.1 Å². The maximum Gasteiger partial charge on any atom is 0.308 e. The molecule has 0 radical (unpaired) electrons. The van der Waals surface area contributed by atoms with Crippen molar-refractivity contribution < 1.29 is 14.3 Å². The lowest BCUT2D eigenvalue weighted by atomic mass is 10.0. The van der Waals surface area contributed by atoms with Crippen molar-refractivity contribution in [2.45, 2.75) is 24.4 Å². The minimum absolute atomic E-state index is 0.0179. The van der Waals surface area contributed by atoms with E-state index in [1.807, 2.05) is 12.1 Å². The summed E-state index contributed by atoms with van der Waals surface area (Å²) in [6.07, 6.45) is -0.0838. The Labute approximate surface area is 183 Å². The van der Waals surface area contributed by atoms with E-state index in [9.17, 15) is 14.9 Å². The van der Waals surface area contributed by atoms with Crippen LogP contribution >= 0.6 is 23.4 Å². The van der Waals surface area contributed by atoms with Gasteiger partial charge in [0, 0.05) is 5.02 Å². The molecule has 1 atom stereocenters. The smallest absolute Gasteiger partial charge is 0.308 e. The Kier molecular flexibility index (Phi) is 8.48. The van der Waals surface area contributed by atoms with Crippen LogP contribution in [0, 0.1) is 22.7 Å². The molecule has 0 fully saturated rings. The van der Waals surface area contributed by atoms with E-state index < -0.39 is 17.9 Å². The number of benzene rings is 1. The highest BCUT2D eigenvalue weighted by Gasteiger charge is 2.22. The van der Waals surface area contributed by atoms with Gasteiger partial charge in [0.15, 0.2) is 0 Å². The Morgan fingerprint density at radius 2 is 2.00 bits per heavy atom. The quantitative estimate of drug-likeness (QED) is 0.468. The molecule has 1 aromatic heterocycles. The van der Waals surface area contributed by atoms with Gasteiger partial charge in [-0.3, -0.25) is 9.59 Å². The van der Waals surface area contributed by atoms with Gasteiger partial charge in [-0.15, -0.1) is 0 Å². The molecule has 0 aliphatic carbocycles. The van der Waals surface area contributed by atoms with E-state index in [-0.39, 0.29) is 40.8 Å². The SMILES string of the molecule is CCOC(=O)C[C@H](NC(=O)CSc1nc(N)c(C#N)cc1C#N)c1ccccc1Cl. The monoisotopic (exact) mass is 443 g/mol. The first-order chi connectivity index (χ1) is 14.4. The number of anilines is 1. The van der Waals surface area contributed by atoms with Crippen LogP contribution in [0.15, 0.2) is 35.4 Å². The molecule has 2 rings (SSSR count). The fraction of sp³-hybridized carbons (Fsp3) is 0.250. The molecule has 0 aliphatic heterocycles. The number of ether oxygens (including phenoxy) is 1. The predicted molar refractivity (Wildman–Crippen MR) is 112 cm³/mol. The van der Waals surface area contributed by atoms with E-state index in [1.54, 1.807) is 31.2 Å². The van der Waals surface area contributed by atoms with Crippen LogP contribution < -0.4 is 11.1 Å². The van der Waals surface area contributed by atoms with Gasteiger partial charge in [0.1, 0.15) is 23.0 Å². The van der Waals surface area contributed by atoms with E-state index in [1.165, 1.54) is 6.07 Å². The lowest BCUT2D eigenvalue weighted by Gasteiger charge is -2.19. The predicted octanol–water partition coefficient (Wildman–Crippen LogP) is 2.96. The molecule has 10 heteroatoms. The first kappa shape index (κ1) is 23.0. The van der Waals surface area contributed by atoms with Crippen molar-refractivity contribution in [2.75, 3.05) is 18.1 Å². The van der Waals surface area contributed by atoms with Gasteiger partial charge in [-0.05, 0) is 24.6 Å². The fourth-order valence-electron chi connectivity index (χ4n) is 2.54. The summed E-state index contributed by atoms with van der Waals surface area (Å²) in [6, 6.07) is 11.3. The fourth-order valence-corrected chi connectivity index (χ4v) is 3.58.